The molecular formula is C11H24O3Si2. The Morgan fingerprint density at radius 3 is 2.12 bits per heavy atom. The maximum absolute atomic E-state index is 11.9. The van der Waals surface area contributed by atoms with Crippen molar-refractivity contribution in [2.24, 2.45) is 0 Å². The lowest BCUT2D eigenvalue weighted by Gasteiger charge is -2.18. The van der Waals surface area contributed by atoms with Gasteiger partial charge >= 0.3 is 5.97 Å². The molecule has 0 radical (unpaired) electrons. The van der Waals surface area contributed by atoms with Crippen LogP contribution in [0.25, 0.3) is 0 Å². The van der Waals surface area contributed by atoms with E-state index in [0.717, 1.165) is 27.8 Å². The van der Waals surface area contributed by atoms with Crippen LogP contribution >= 0.6 is 0 Å². The molecule has 94 valence electrons. The van der Waals surface area contributed by atoms with E-state index in [2.05, 4.69) is 6.92 Å². The Bertz CT molecular complexity index is 275. The van der Waals surface area contributed by atoms with Crippen LogP contribution < -0.4 is 0 Å². The Hall–Kier alpha value is -0.396. The summed E-state index contributed by atoms with van der Waals surface area (Å²) >= 11 is 0. The molecule has 0 N–H and O–H groups in total. The lowest BCUT2D eigenvalue weighted by Crippen LogP contribution is -2.28. The highest BCUT2D eigenvalue weighted by Crippen LogP contribution is 2.23. The molecule has 0 aliphatic heterocycles. The third kappa shape index (κ3) is 5.62. The average Bonchev–Trinajstić information content (AvgIpc) is 2.13. The van der Waals surface area contributed by atoms with Crippen LogP contribution in [0.3, 0.4) is 0 Å². The third-order valence-electron chi connectivity index (χ3n) is 2.23. The predicted octanol–water partition coefficient (Wildman–Crippen LogP) is 2.20. The molecular weight excluding hydrogens is 236 g/mol. The molecule has 1 atom stereocenters. The summed E-state index contributed by atoms with van der Waals surface area (Å²) in [5, 5.41) is 0. The number of carbonyl (C=O) groups is 1. The van der Waals surface area contributed by atoms with Gasteiger partial charge in [0.05, 0.1) is 0 Å². The molecule has 0 aliphatic carbocycles. The molecule has 0 aliphatic rings. The second-order valence-electron chi connectivity index (χ2n) is 5.29. The number of carbonyl (C=O) groups excluding carboxylic acids is 1. The summed E-state index contributed by atoms with van der Waals surface area (Å²) in [5.74, 6) is -0.302. The summed E-state index contributed by atoms with van der Waals surface area (Å²) in [6, 6.07) is 0. The Balaban J connectivity index is 4.62. The van der Waals surface area contributed by atoms with Crippen molar-refractivity contribution in [3.8, 4) is 0 Å². The van der Waals surface area contributed by atoms with Gasteiger partial charge in [0.15, 0.2) is 0 Å². The molecule has 0 saturated heterocycles. The topological polar surface area (TPSA) is 35.5 Å². The molecule has 0 amide bonds. The zero-order valence-corrected chi connectivity index (χ0v) is 14.5. The molecule has 0 fully saturated rings. The molecule has 0 bridgehead atoms. The highest BCUT2D eigenvalue weighted by Gasteiger charge is 2.23. The first kappa shape index (κ1) is 15.6. The lowest BCUT2D eigenvalue weighted by atomic mass is 10.1. The molecule has 5 heteroatoms. The first-order valence-electron chi connectivity index (χ1n) is 5.76. The fourth-order valence-electron chi connectivity index (χ4n) is 1.31. The van der Waals surface area contributed by atoms with E-state index in [1.807, 2.05) is 33.5 Å². The van der Waals surface area contributed by atoms with Crippen molar-refractivity contribution in [1.82, 2.24) is 0 Å². The van der Waals surface area contributed by atoms with Crippen LogP contribution in [-0.4, -0.2) is 24.5 Å². The van der Waals surface area contributed by atoms with Gasteiger partial charge in [0, 0.05) is 15.8 Å². The number of allylic oxidation sites excluding steroid dienone is 1. The van der Waals surface area contributed by atoms with Gasteiger partial charge in [-0.1, -0.05) is 18.9 Å². The van der Waals surface area contributed by atoms with Gasteiger partial charge in [-0.2, -0.15) is 0 Å². The van der Waals surface area contributed by atoms with E-state index in [4.69, 9.17) is 9.46 Å². The Morgan fingerprint density at radius 2 is 1.81 bits per heavy atom. The van der Waals surface area contributed by atoms with Crippen LogP contribution in [-0.2, 0) is 14.3 Å². The van der Waals surface area contributed by atoms with E-state index in [9.17, 15) is 4.79 Å². The van der Waals surface area contributed by atoms with Gasteiger partial charge in [-0.3, -0.25) is 0 Å². The van der Waals surface area contributed by atoms with Crippen molar-refractivity contribution in [2.45, 2.75) is 52.4 Å². The standard InChI is InChI=1S/C11H24O3Si2/c1-7-9(15)10(8(2)3)11(12)13-14-16(4,5)6/h9H,7H2,1-6,15H3. The van der Waals surface area contributed by atoms with E-state index in [0.29, 0.717) is 5.54 Å². The molecule has 0 aromatic carbocycles. The predicted molar refractivity (Wildman–Crippen MR) is 72.9 cm³/mol. The largest absolute Gasteiger partial charge is 0.367 e. The number of hydrogen-bond acceptors (Lipinski definition) is 3. The van der Waals surface area contributed by atoms with E-state index >= 15 is 0 Å². The lowest BCUT2D eigenvalue weighted by molar-refractivity contribution is -0.214. The van der Waals surface area contributed by atoms with E-state index < -0.39 is 8.32 Å². The molecule has 3 nitrogen and oxygen atoms in total. The smallest absolute Gasteiger partial charge is 0.305 e. The first-order chi connectivity index (χ1) is 7.19. The quantitative estimate of drug-likeness (QED) is 0.329. The fourth-order valence-corrected chi connectivity index (χ4v) is 2.45. The van der Waals surface area contributed by atoms with Crippen molar-refractivity contribution in [2.75, 3.05) is 0 Å². The summed E-state index contributed by atoms with van der Waals surface area (Å²) in [4.78, 5) is 16.8. The fraction of sp³-hybridized carbons (Fsp3) is 0.727. The van der Waals surface area contributed by atoms with Gasteiger partial charge in [0.2, 0.25) is 8.32 Å². The van der Waals surface area contributed by atoms with Crippen molar-refractivity contribution in [3.63, 3.8) is 0 Å². The highest BCUT2D eigenvalue weighted by molar-refractivity contribution is 6.69. The zero-order valence-electron chi connectivity index (χ0n) is 11.5. The Labute approximate surface area is 103 Å². The van der Waals surface area contributed by atoms with E-state index in [-0.39, 0.29) is 5.97 Å². The second-order valence-corrected chi connectivity index (χ2v) is 11.1. The Kier molecular flexibility index (Phi) is 6.21. The van der Waals surface area contributed by atoms with Gasteiger partial charge in [0.1, 0.15) is 0 Å². The first-order valence-corrected chi connectivity index (χ1v) is 10.3. The van der Waals surface area contributed by atoms with Crippen molar-refractivity contribution < 1.29 is 14.3 Å². The zero-order chi connectivity index (χ0) is 12.9. The molecule has 1 unspecified atom stereocenters. The highest BCUT2D eigenvalue weighted by atomic mass is 28.4. The number of rotatable bonds is 5. The van der Waals surface area contributed by atoms with Gasteiger partial charge in [-0.05, 0) is 39.0 Å². The van der Waals surface area contributed by atoms with Crippen LogP contribution in [0.1, 0.15) is 27.2 Å². The maximum atomic E-state index is 11.9. The molecule has 0 heterocycles. The number of hydrogen-bond donors (Lipinski definition) is 0. The summed E-state index contributed by atoms with van der Waals surface area (Å²) < 4.78 is 5.19. The molecule has 16 heavy (non-hydrogen) atoms. The normalized spacial score (nSPS) is 13.4. The third-order valence-corrected chi connectivity index (χ3v) is 4.21. The average molecular weight is 260 g/mol. The molecule has 0 rings (SSSR count). The monoisotopic (exact) mass is 260 g/mol. The van der Waals surface area contributed by atoms with Crippen molar-refractivity contribution in [1.29, 1.82) is 0 Å². The SMILES string of the molecule is CCC([SiH3])C(C(=O)OO[Si](C)(C)C)=C(C)C. The molecule has 0 spiro atoms. The van der Waals surface area contributed by atoms with Crippen LogP contribution in [0.2, 0.25) is 25.2 Å². The van der Waals surface area contributed by atoms with Crippen molar-refractivity contribution in [3.05, 3.63) is 11.1 Å². The van der Waals surface area contributed by atoms with Gasteiger partial charge < -0.3 is 4.89 Å². The van der Waals surface area contributed by atoms with Gasteiger partial charge in [0.25, 0.3) is 0 Å². The van der Waals surface area contributed by atoms with Crippen LogP contribution in [0, 0.1) is 0 Å². The minimum absolute atomic E-state index is 0.302. The van der Waals surface area contributed by atoms with Crippen molar-refractivity contribution >= 4 is 24.5 Å². The molecule has 0 aromatic rings. The second kappa shape index (κ2) is 6.37. The molecule has 0 saturated carbocycles. The van der Waals surface area contributed by atoms with Crippen LogP contribution in [0.5, 0.6) is 0 Å². The minimum Gasteiger partial charge on any atom is -0.305 e. The summed E-state index contributed by atoms with van der Waals surface area (Å²) in [5.41, 5.74) is 2.18. The van der Waals surface area contributed by atoms with E-state index in [1.165, 1.54) is 0 Å². The summed E-state index contributed by atoms with van der Waals surface area (Å²) in [6.07, 6.45) is 0.981. The van der Waals surface area contributed by atoms with Crippen LogP contribution in [0.4, 0.5) is 0 Å². The maximum Gasteiger partial charge on any atom is 0.367 e. The van der Waals surface area contributed by atoms with Gasteiger partial charge in [-0.15, -0.1) is 0 Å². The van der Waals surface area contributed by atoms with E-state index in [1.54, 1.807) is 0 Å². The minimum atomic E-state index is -1.80. The molecule has 0 aromatic heterocycles. The van der Waals surface area contributed by atoms with Crippen LogP contribution in [0.15, 0.2) is 11.1 Å². The van der Waals surface area contributed by atoms with Gasteiger partial charge in [-0.25, -0.2) is 9.37 Å². The Morgan fingerprint density at radius 1 is 1.31 bits per heavy atom. The summed E-state index contributed by atoms with van der Waals surface area (Å²) in [7, 11) is -0.838. The summed E-state index contributed by atoms with van der Waals surface area (Å²) in [6.45, 7) is 12.0.